The topological polar surface area (TPSA) is 93.7 Å². The molecule has 3 rings (SSSR count). The SMILES string of the molecule is CCOC(=O)c1ccc(NC(=O)C2CC2C(=O)Nc2cc(C)ccc2OC)cc1. The lowest BCUT2D eigenvalue weighted by Gasteiger charge is -2.11. The molecule has 0 bridgehead atoms. The number of rotatable bonds is 7. The number of amides is 2. The molecular formula is C22H24N2O5. The van der Waals surface area contributed by atoms with Crippen LogP contribution in [0, 0.1) is 18.8 Å². The molecule has 29 heavy (non-hydrogen) atoms. The Labute approximate surface area is 169 Å². The van der Waals surface area contributed by atoms with Crippen molar-refractivity contribution < 1.29 is 23.9 Å². The van der Waals surface area contributed by atoms with E-state index in [0.29, 0.717) is 35.7 Å². The Kier molecular flexibility index (Phi) is 6.16. The number of nitrogens with one attached hydrogen (secondary N) is 2. The maximum Gasteiger partial charge on any atom is 0.338 e. The molecule has 7 heteroatoms. The molecule has 0 aromatic heterocycles. The number of hydrogen-bond acceptors (Lipinski definition) is 5. The van der Waals surface area contributed by atoms with Crippen molar-refractivity contribution in [2.75, 3.05) is 24.4 Å². The van der Waals surface area contributed by atoms with Gasteiger partial charge in [-0.2, -0.15) is 0 Å². The van der Waals surface area contributed by atoms with Gasteiger partial charge < -0.3 is 20.1 Å². The zero-order valence-electron chi connectivity index (χ0n) is 16.7. The lowest BCUT2D eigenvalue weighted by molar-refractivity contribution is -0.122. The molecule has 0 saturated heterocycles. The summed E-state index contributed by atoms with van der Waals surface area (Å²) in [7, 11) is 1.54. The molecule has 2 amide bonds. The van der Waals surface area contributed by atoms with Crippen LogP contribution in [0.4, 0.5) is 11.4 Å². The van der Waals surface area contributed by atoms with E-state index in [9.17, 15) is 14.4 Å². The van der Waals surface area contributed by atoms with Crippen LogP contribution in [-0.4, -0.2) is 31.5 Å². The second-order valence-corrected chi connectivity index (χ2v) is 6.93. The molecule has 0 radical (unpaired) electrons. The molecule has 2 aromatic rings. The van der Waals surface area contributed by atoms with E-state index in [-0.39, 0.29) is 23.7 Å². The van der Waals surface area contributed by atoms with Gasteiger partial charge in [0.25, 0.3) is 0 Å². The number of carbonyl (C=O) groups is 3. The maximum absolute atomic E-state index is 12.5. The van der Waals surface area contributed by atoms with E-state index in [1.165, 1.54) is 0 Å². The summed E-state index contributed by atoms with van der Waals surface area (Å²) in [5.41, 5.74) is 2.57. The first-order chi connectivity index (χ1) is 13.9. The van der Waals surface area contributed by atoms with E-state index in [0.717, 1.165) is 5.56 Å². The molecule has 1 saturated carbocycles. The van der Waals surface area contributed by atoms with E-state index in [4.69, 9.17) is 9.47 Å². The summed E-state index contributed by atoms with van der Waals surface area (Å²) in [6.45, 7) is 3.97. The van der Waals surface area contributed by atoms with E-state index in [1.807, 2.05) is 19.1 Å². The standard InChI is InChI=1S/C22H24N2O5/c1-4-29-22(27)14-6-8-15(9-7-14)23-20(25)16-12-17(16)21(26)24-18-11-13(2)5-10-19(18)28-3/h5-11,16-17H,4,12H2,1-3H3,(H,23,25)(H,24,26). The fourth-order valence-electron chi connectivity index (χ4n) is 3.06. The lowest BCUT2D eigenvalue weighted by atomic mass is 10.2. The van der Waals surface area contributed by atoms with Crippen molar-refractivity contribution in [3.05, 3.63) is 53.6 Å². The first kappa shape index (κ1) is 20.4. The van der Waals surface area contributed by atoms with Gasteiger partial charge in [0.2, 0.25) is 11.8 Å². The predicted octanol–water partition coefficient (Wildman–Crippen LogP) is 3.39. The number of hydrogen-bond donors (Lipinski definition) is 2. The molecule has 2 N–H and O–H groups in total. The van der Waals surface area contributed by atoms with Crippen LogP contribution in [-0.2, 0) is 14.3 Å². The average molecular weight is 396 g/mol. The van der Waals surface area contributed by atoms with Gasteiger partial charge in [-0.05, 0) is 62.2 Å². The minimum Gasteiger partial charge on any atom is -0.495 e. The Morgan fingerprint density at radius 3 is 2.28 bits per heavy atom. The summed E-state index contributed by atoms with van der Waals surface area (Å²) in [6, 6.07) is 12.0. The first-order valence-electron chi connectivity index (χ1n) is 9.46. The maximum atomic E-state index is 12.5. The fourth-order valence-corrected chi connectivity index (χ4v) is 3.06. The van der Waals surface area contributed by atoms with E-state index in [2.05, 4.69) is 10.6 Å². The third kappa shape index (κ3) is 4.93. The molecule has 2 aromatic carbocycles. The molecule has 152 valence electrons. The summed E-state index contributed by atoms with van der Waals surface area (Å²) in [5.74, 6) is -1.00. The Morgan fingerprint density at radius 2 is 1.66 bits per heavy atom. The van der Waals surface area contributed by atoms with Crippen LogP contribution in [0.15, 0.2) is 42.5 Å². The van der Waals surface area contributed by atoms with Gasteiger partial charge in [0, 0.05) is 5.69 Å². The van der Waals surface area contributed by atoms with Crippen LogP contribution in [0.25, 0.3) is 0 Å². The molecule has 0 spiro atoms. The Hall–Kier alpha value is -3.35. The van der Waals surface area contributed by atoms with E-state index >= 15 is 0 Å². The van der Waals surface area contributed by atoms with Crippen molar-refractivity contribution in [2.24, 2.45) is 11.8 Å². The van der Waals surface area contributed by atoms with E-state index < -0.39 is 5.97 Å². The molecule has 1 aliphatic rings. The minimum absolute atomic E-state index is 0.202. The highest BCUT2D eigenvalue weighted by Gasteiger charge is 2.48. The van der Waals surface area contributed by atoms with Crippen molar-refractivity contribution in [3.63, 3.8) is 0 Å². The van der Waals surface area contributed by atoms with Gasteiger partial charge in [-0.1, -0.05) is 6.07 Å². The molecule has 2 unspecified atom stereocenters. The Bertz CT molecular complexity index is 923. The summed E-state index contributed by atoms with van der Waals surface area (Å²) in [6.07, 6.45) is 0.493. The molecular weight excluding hydrogens is 372 g/mol. The van der Waals surface area contributed by atoms with Crippen LogP contribution >= 0.6 is 0 Å². The second-order valence-electron chi connectivity index (χ2n) is 6.93. The summed E-state index contributed by atoms with van der Waals surface area (Å²) >= 11 is 0. The highest BCUT2D eigenvalue weighted by atomic mass is 16.5. The van der Waals surface area contributed by atoms with Crippen LogP contribution in [0.5, 0.6) is 5.75 Å². The van der Waals surface area contributed by atoms with Gasteiger partial charge >= 0.3 is 5.97 Å². The quantitative estimate of drug-likeness (QED) is 0.700. The number of aryl methyl sites for hydroxylation is 1. The van der Waals surface area contributed by atoms with Gasteiger partial charge in [0.15, 0.2) is 0 Å². The number of methoxy groups -OCH3 is 1. The summed E-state index contributed by atoms with van der Waals surface area (Å²) in [5, 5.41) is 5.64. The third-order valence-corrected chi connectivity index (χ3v) is 4.74. The number of benzene rings is 2. The summed E-state index contributed by atoms with van der Waals surface area (Å²) in [4.78, 5) is 36.6. The van der Waals surface area contributed by atoms with Crippen molar-refractivity contribution in [2.45, 2.75) is 20.3 Å². The van der Waals surface area contributed by atoms with Crippen molar-refractivity contribution >= 4 is 29.2 Å². The van der Waals surface area contributed by atoms with Gasteiger partial charge in [-0.15, -0.1) is 0 Å². The van der Waals surface area contributed by atoms with Gasteiger partial charge in [0.1, 0.15) is 5.75 Å². The van der Waals surface area contributed by atoms with Crippen LogP contribution in [0.1, 0.15) is 29.3 Å². The monoisotopic (exact) mass is 396 g/mol. The van der Waals surface area contributed by atoms with Crippen LogP contribution in [0.2, 0.25) is 0 Å². The first-order valence-corrected chi connectivity index (χ1v) is 9.46. The zero-order valence-corrected chi connectivity index (χ0v) is 16.7. The van der Waals surface area contributed by atoms with Crippen molar-refractivity contribution in [1.82, 2.24) is 0 Å². The number of esters is 1. The molecule has 1 aliphatic carbocycles. The lowest BCUT2D eigenvalue weighted by Crippen LogP contribution is -2.21. The van der Waals surface area contributed by atoms with Crippen LogP contribution in [0.3, 0.4) is 0 Å². The fraction of sp³-hybridized carbons (Fsp3) is 0.318. The number of anilines is 2. The van der Waals surface area contributed by atoms with Gasteiger partial charge in [0.05, 0.1) is 36.8 Å². The van der Waals surface area contributed by atoms with Crippen LogP contribution < -0.4 is 15.4 Å². The molecule has 0 aliphatic heterocycles. The molecule has 7 nitrogen and oxygen atoms in total. The van der Waals surface area contributed by atoms with Gasteiger partial charge in [-0.25, -0.2) is 4.79 Å². The summed E-state index contributed by atoms with van der Waals surface area (Å²) < 4.78 is 10.2. The second kappa shape index (κ2) is 8.77. The predicted molar refractivity (Wildman–Crippen MR) is 109 cm³/mol. The molecule has 0 heterocycles. The van der Waals surface area contributed by atoms with Gasteiger partial charge in [-0.3, -0.25) is 9.59 Å². The number of ether oxygens (including phenoxy) is 2. The highest BCUT2D eigenvalue weighted by Crippen LogP contribution is 2.41. The largest absolute Gasteiger partial charge is 0.495 e. The third-order valence-electron chi connectivity index (χ3n) is 4.74. The molecule has 1 fully saturated rings. The Morgan fingerprint density at radius 1 is 1.00 bits per heavy atom. The van der Waals surface area contributed by atoms with E-state index in [1.54, 1.807) is 44.4 Å². The normalized spacial score (nSPS) is 17.2. The van der Waals surface area contributed by atoms with Crippen molar-refractivity contribution in [3.8, 4) is 5.75 Å². The Balaban J connectivity index is 1.56. The number of carbonyl (C=O) groups excluding carboxylic acids is 3. The van der Waals surface area contributed by atoms with Crippen molar-refractivity contribution in [1.29, 1.82) is 0 Å². The average Bonchev–Trinajstić information content (AvgIpc) is 3.50. The highest BCUT2D eigenvalue weighted by molar-refractivity contribution is 6.04. The molecule has 2 atom stereocenters. The zero-order chi connectivity index (χ0) is 21.0. The minimum atomic E-state index is -0.407. The smallest absolute Gasteiger partial charge is 0.338 e.